The maximum absolute atomic E-state index is 11.6. The maximum Gasteiger partial charge on any atom is 0.221 e. The third kappa shape index (κ3) is 4.84. The molecule has 1 rings (SSSR count). The molecule has 1 atom stereocenters. The van der Waals surface area contributed by atoms with Crippen molar-refractivity contribution in [3.8, 4) is 0 Å². The number of aromatic nitrogens is 2. The van der Waals surface area contributed by atoms with Gasteiger partial charge in [0.2, 0.25) is 5.91 Å². The maximum atomic E-state index is 11.6. The highest BCUT2D eigenvalue weighted by atomic mass is 35.5. The molecule has 0 radical (unpaired) electrons. The summed E-state index contributed by atoms with van der Waals surface area (Å²) in [5, 5.41) is 11.1. The van der Waals surface area contributed by atoms with E-state index in [1.807, 2.05) is 20.9 Å². The first-order chi connectivity index (χ1) is 8.95. The van der Waals surface area contributed by atoms with E-state index in [-0.39, 0.29) is 11.9 Å². The number of aryl methyl sites for hydroxylation is 2. The molecule has 0 saturated carbocycles. The fourth-order valence-electron chi connectivity index (χ4n) is 1.73. The van der Waals surface area contributed by atoms with Gasteiger partial charge in [0.15, 0.2) is 0 Å². The van der Waals surface area contributed by atoms with Gasteiger partial charge in [-0.3, -0.25) is 9.48 Å². The largest absolute Gasteiger partial charge is 0.354 e. The zero-order valence-electron chi connectivity index (χ0n) is 12.1. The molecule has 1 unspecified atom stereocenters. The third-order valence-corrected chi connectivity index (χ3v) is 3.59. The first-order valence-corrected chi connectivity index (χ1v) is 7.01. The highest BCUT2D eigenvalue weighted by Gasteiger charge is 2.10. The third-order valence-electron chi connectivity index (χ3n) is 3.10. The molecule has 0 aliphatic heterocycles. The summed E-state index contributed by atoms with van der Waals surface area (Å²) in [7, 11) is 1.87. The lowest BCUT2D eigenvalue weighted by Gasteiger charge is -2.11. The number of amides is 1. The molecule has 0 fully saturated rings. The minimum atomic E-state index is 0.0779. The van der Waals surface area contributed by atoms with E-state index in [1.165, 1.54) is 0 Å². The molecule has 0 aliphatic carbocycles. The van der Waals surface area contributed by atoms with Crippen LogP contribution in [0.4, 0.5) is 0 Å². The van der Waals surface area contributed by atoms with E-state index in [9.17, 15) is 4.79 Å². The summed E-state index contributed by atoms with van der Waals surface area (Å²) in [5.74, 6) is 0.0779. The van der Waals surface area contributed by atoms with Gasteiger partial charge in [0.1, 0.15) is 0 Å². The fourth-order valence-corrected chi connectivity index (χ4v) is 1.96. The molecule has 6 heteroatoms. The quantitative estimate of drug-likeness (QED) is 0.751. The van der Waals surface area contributed by atoms with Crippen LogP contribution in [0.1, 0.15) is 38.1 Å². The fraction of sp³-hybridized carbons (Fsp3) is 0.692. The van der Waals surface area contributed by atoms with Crippen LogP contribution in [0.25, 0.3) is 0 Å². The number of rotatable bonds is 7. The molecule has 2 N–H and O–H groups in total. The van der Waals surface area contributed by atoms with Crippen LogP contribution in [0.2, 0.25) is 5.02 Å². The molecule has 1 aromatic heterocycles. The molecule has 1 heterocycles. The number of halogens is 1. The number of carbonyl (C=O) groups is 1. The van der Waals surface area contributed by atoms with Crippen molar-refractivity contribution in [2.45, 2.75) is 46.2 Å². The van der Waals surface area contributed by atoms with Gasteiger partial charge in [-0.05, 0) is 20.3 Å². The van der Waals surface area contributed by atoms with Gasteiger partial charge in [-0.1, -0.05) is 18.5 Å². The van der Waals surface area contributed by atoms with E-state index in [2.05, 4.69) is 22.7 Å². The molecule has 1 aromatic rings. The van der Waals surface area contributed by atoms with Gasteiger partial charge >= 0.3 is 0 Å². The van der Waals surface area contributed by atoms with Crippen molar-refractivity contribution < 1.29 is 4.79 Å². The molecule has 0 aliphatic rings. The van der Waals surface area contributed by atoms with Crippen LogP contribution in [0, 0.1) is 6.92 Å². The van der Waals surface area contributed by atoms with Crippen molar-refractivity contribution in [3.05, 3.63) is 16.4 Å². The Kier molecular flexibility index (Phi) is 6.31. The van der Waals surface area contributed by atoms with E-state index in [1.54, 1.807) is 4.68 Å². The predicted octanol–water partition coefficient (Wildman–Crippen LogP) is 1.78. The Morgan fingerprint density at radius 2 is 2.21 bits per heavy atom. The number of nitrogens with zero attached hydrogens (tertiary/aromatic N) is 2. The predicted molar refractivity (Wildman–Crippen MR) is 77.2 cm³/mol. The Morgan fingerprint density at radius 3 is 2.74 bits per heavy atom. The second-order valence-corrected chi connectivity index (χ2v) is 5.15. The Balaban J connectivity index is 2.29. The lowest BCUT2D eigenvalue weighted by Crippen LogP contribution is -2.34. The van der Waals surface area contributed by atoms with Crippen LogP contribution in [-0.2, 0) is 18.4 Å². The van der Waals surface area contributed by atoms with Gasteiger partial charge in [-0.2, -0.15) is 5.10 Å². The summed E-state index contributed by atoms with van der Waals surface area (Å²) < 4.78 is 1.77. The Bertz CT molecular complexity index is 431. The van der Waals surface area contributed by atoms with Gasteiger partial charge in [0.25, 0.3) is 0 Å². The van der Waals surface area contributed by atoms with Gasteiger partial charge in [-0.25, -0.2) is 0 Å². The highest BCUT2D eigenvalue weighted by molar-refractivity contribution is 6.31. The monoisotopic (exact) mass is 286 g/mol. The molecule has 5 nitrogen and oxygen atoms in total. The molecule has 0 bridgehead atoms. The number of nitrogens with one attached hydrogen (secondary N) is 2. The topological polar surface area (TPSA) is 59.0 Å². The summed E-state index contributed by atoms with van der Waals surface area (Å²) in [4.78, 5) is 11.6. The molecule has 0 spiro atoms. The minimum Gasteiger partial charge on any atom is -0.354 e. The van der Waals surface area contributed by atoms with Crippen LogP contribution in [-0.4, -0.2) is 28.3 Å². The Labute approximate surface area is 119 Å². The van der Waals surface area contributed by atoms with Crippen LogP contribution in [0.3, 0.4) is 0 Å². The zero-order valence-corrected chi connectivity index (χ0v) is 12.8. The molecular weight excluding hydrogens is 264 g/mol. The Hall–Kier alpha value is -1.07. The second kappa shape index (κ2) is 7.50. The lowest BCUT2D eigenvalue weighted by atomic mass is 10.2. The van der Waals surface area contributed by atoms with Gasteiger partial charge < -0.3 is 10.6 Å². The van der Waals surface area contributed by atoms with Crippen LogP contribution < -0.4 is 10.6 Å². The van der Waals surface area contributed by atoms with Crippen molar-refractivity contribution >= 4 is 17.5 Å². The SMILES string of the molecule is CCC(C)NC(=O)CCNCc1c(Cl)c(C)nn1C. The smallest absolute Gasteiger partial charge is 0.221 e. The van der Waals surface area contributed by atoms with Gasteiger partial charge in [-0.15, -0.1) is 0 Å². The van der Waals surface area contributed by atoms with Crippen LogP contribution >= 0.6 is 11.6 Å². The normalized spacial score (nSPS) is 12.5. The molecule has 19 heavy (non-hydrogen) atoms. The van der Waals surface area contributed by atoms with Crippen LogP contribution in [0.5, 0.6) is 0 Å². The first kappa shape index (κ1) is 16.0. The molecule has 0 saturated heterocycles. The summed E-state index contributed by atoms with van der Waals surface area (Å²) in [5.41, 5.74) is 1.77. The minimum absolute atomic E-state index is 0.0779. The summed E-state index contributed by atoms with van der Waals surface area (Å²) in [6.07, 6.45) is 1.42. The number of hydrogen-bond acceptors (Lipinski definition) is 3. The van der Waals surface area contributed by atoms with Crippen molar-refractivity contribution in [2.24, 2.45) is 7.05 Å². The van der Waals surface area contributed by atoms with Crippen LogP contribution in [0.15, 0.2) is 0 Å². The van der Waals surface area contributed by atoms with Crippen molar-refractivity contribution in [1.29, 1.82) is 0 Å². The molecule has 108 valence electrons. The number of carbonyl (C=O) groups excluding carboxylic acids is 1. The van der Waals surface area contributed by atoms with E-state index in [4.69, 9.17) is 11.6 Å². The average molecular weight is 287 g/mol. The molecular formula is C13H23ClN4O. The van der Waals surface area contributed by atoms with Crippen molar-refractivity contribution in [1.82, 2.24) is 20.4 Å². The standard InChI is InChI=1S/C13H23ClN4O/c1-5-9(2)16-12(19)6-7-15-8-11-13(14)10(3)17-18(11)4/h9,15H,5-8H2,1-4H3,(H,16,19). The Morgan fingerprint density at radius 1 is 1.53 bits per heavy atom. The second-order valence-electron chi connectivity index (χ2n) is 4.77. The first-order valence-electron chi connectivity index (χ1n) is 6.63. The van der Waals surface area contributed by atoms with Crippen molar-refractivity contribution in [2.75, 3.05) is 6.54 Å². The van der Waals surface area contributed by atoms with Gasteiger partial charge in [0.05, 0.1) is 16.4 Å². The van der Waals surface area contributed by atoms with Gasteiger partial charge in [0, 0.05) is 32.6 Å². The lowest BCUT2D eigenvalue weighted by molar-refractivity contribution is -0.121. The van der Waals surface area contributed by atoms with E-state index in [0.29, 0.717) is 24.5 Å². The van der Waals surface area contributed by atoms with E-state index >= 15 is 0 Å². The average Bonchev–Trinajstić information content (AvgIpc) is 2.60. The highest BCUT2D eigenvalue weighted by Crippen LogP contribution is 2.18. The van der Waals surface area contributed by atoms with E-state index < -0.39 is 0 Å². The zero-order chi connectivity index (χ0) is 14.4. The summed E-state index contributed by atoms with van der Waals surface area (Å²) in [6, 6.07) is 0.238. The molecule has 1 amide bonds. The number of hydrogen-bond donors (Lipinski definition) is 2. The summed E-state index contributed by atoms with van der Waals surface area (Å²) in [6.45, 7) is 7.18. The summed E-state index contributed by atoms with van der Waals surface area (Å²) >= 11 is 6.14. The van der Waals surface area contributed by atoms with Crippen molar-refractivity contribution in [3.63, 3.8) is 0 Å². The molecule has 0 aromatic carbocycles. The van der Waals surface area contributed by atoms with E-state index in [0.717, 1.165) is 17.8 Å².